The minimum atomic E-state index is 0.593. The maximum Gasteiger partial charge on any atom is 0.140 e. The molecule has 2 nitrogen and oxygen atoms in total. The molecule has 0 aliphatic rings. The standard InChI is InChI=1S/C10H7BrClNO/c1-14-10-7(3-2-4-13)5-8(12)6-9(10)11/h2-3,5-6H,1H3/b3-2+. The molecule has 0 aliphatic carbocycles. The summed E-state index contributed by atoms with van der Waals surface area (Å²) in [5, 5.41) is 9.00. The van der Waals surface area contributed by atoms with Gasteiger partial charge in [-0.3, -0.25) is 0 Å². The lowest BCUT2D eigenvalue weighted by molar-refractivity contribution is 0.411. The topological polar surface area (TPSA) is 33.0 Å². The molecule has 1 aromatic carbocycles. The van der Waals surface area contributed by atoms with Crippen molar-refractivity contribution in [2.75, 3.05) is 7.11 Å². The van der Waals surface area contributed by atoms with Crippen molar-refractivity contribution in [1.29, 1.82) is 5.26 Å². The first-order valence-electron chi connectivity index (χ1n) is 3.78. The van der Waals surface area contributed by atoms with Gasteiger partial charge in [0.1, 0.15) is 5.75 Å². The summed E-state index contributed by atoms with van der Waals surface area (Å²) in [6, 6.07) is 5.39. The number of ether oxygens (including phenoxy) is 1. The van der Waals surface area contributed by atoms with Crippen LogP contribution in [0.4, 0.5) is 0 Å². The van der Waals surface area contributed by atoms with E-state index in [2.05, 4.69) is 15.9 Å². The molecule has 0 saturated carbocycles. The minimum Gasteiger partial charge on any atom is -0.495 e. The summed E-state index contributed by atoms with van der Waals surface area (Å²) in [5.41, 5.74) is 0.772. The Balaban J connectivity index is 3.26. The summed E-state index contributed by atoms with van der Waals surface area (Å²) >= 11 is 9.18. The third-order valence-electron chi connectivity index (χ3n) is 1.58. The molecule has 0 bridgehead atoms. The highest BCUT2D eigenvalue weighted by atomic mass is 79.9. The third-order valence-corrected chi connectivity index (χ3v) is 2.39. The van der Waals surface area contributed by atoms with E-state index in [1.807, 2.05) is 6.07 Å². The zero-order chi connectivity index (χ0) is 10.6. The monoisotopic (exact) mass is 271 g/mol. The molecule has 1 aromatic rings. The van der Waals surface area contributed by atoms with Gasteiger partial charge in [-0.05, 0) is 34.1 Å². The number of hydrogen-bond acceptors (Lipinski definition) is 2. The number of nitriles is 1. The zero-order valence-corrected chi connectivity index (χ0v) is 9.76. The van der Waals surface area contributed by atoms with Gasteiger partial charge in [-0.25, -0.2) is 0 Å². The molecule has 0 fully saturated rings. The molecular formula is C10H7BrClNO. The molecule has 1 rings (SSSR count). The molecular weight excluding hydrogens is 265 g/mol. The van der Waals surface area contributed by atoms with Crippen molar-refractivity contribution in [3.8, 4) is 11.8 Å². The quantitative estimate of drug-likeness (QED) is 0.770. The van der Waals surface area contributed by atoms with E-state index in [0.29, 0.717) is 10.8 Å². The van der Waals surface area contributed by atoms with Gasteiger partial charge in [0.2, 0.25) is 0 Å². The molecule has 0 heterocycles. The van der Waals surface area contributed by atoms with Crippen LogP contribution in [-0.4, -0.2) is 7.11 Å². The van der Waals surface area contributed by atoms with Gasteiger partial charge in [0, 0.05) is 16.7 Å². The van der Waals surface area contributed by atoms with Gasteiger partial charge in [0.25, 0.3) is 0 Å². The molecule has 0 atom stereocenters. The fourth-order valence-corrected chi connectivity index (χ4v) is 2.04. The normalized spacial score (nSPS) is 10.1. The fourth-order valence-electron chi connectivity index (χ4n) is 1.05. The van der Waals surface area contributed by atoms with Crippen LogP contribution in [-0.2, 0) is 0 Å². The first-order valence-corrected chi connectivity index (χ1v) is 4.95. The Bertz CT molecular complexity index is 409. The molecule has 0 saturated heterocycles. The summed E-state index contributed by atoms with van der Waals surface area (Å²) in [6.45, 7) is 0. The Morgan fingerprint density at radius 1 is 1.57 bits per heavy atom. The van der Waals surface area contributed by atoms with Crippen molar-refractivity contribution >= 4 is 33.6 Å². The molecule has 0 aromatic heterocycles. The molecule has 0 radical (unpaired) electrons. The largest absolute Gasteiger partial charge is 0.495 e. The van der Waals surface area contributed by atoms with Crippen molar-refractivity contribution in [2.45, 2.75) is 0 Å². The van der Waals surface area contributed by atoms with E-state index in [-0.39, 0.29) is 0 Å². The maximum absolute atomic E-state index is 8.41. The van der Waals surface area contributed by atoms with Crippen molar-refractivity contribution in [2.24, 2.45) is 0 Å². The molecule has 14 heavy (non-hydrogen) atoms. The van der Waals surface area contributed by atoms with E-state index < -0.39 is 0 Å². The molecule has 72 valence electrons. The highest BCUT2D eigenvalue weighted by Gasteiger charge is 2.06. The first kappa shape index (κ1) is 11.1. The van der Waals surface area contributed by atoms with Crippen LogP contribution < -0.4 is 4.74 Å². The van der Waals surface area contributed by atoms with Crippen LogP contribution in [0.5, 0.6) is 5.75 Å². The Kier molecular flexibility index (Phi) is 3.99. The summed E-state index contributed by atoms with van der Waals surface area (Å²) in [7, 11) is 1.57. The summed E-state index contributed by atoms with van der Waals surface area (Å²) in [5.74, 6) is 0.668. The number of halogens is 2. The summed E-state index contributed by atoms with van der Waals surface area (Å²) < 4.78 is 5.93. The Labute approximate surface area is 95.9 Å². The van der Waals surface area contributed by atoms with Crippen LogP contribution in [0.25, 0.3) is 6.08 Å². The average molecular weight is 273 g/mol. The van der Waals surface area contributed by atoms with Crippen molar-refractivity contribution in [1.82, 2.24) is 0 Å². The lowest BCUT2D eigenvalue weighted by Crippen LogP contribution is -1.88. The average Bonchev–Trinajstić information content (AvgIpc) is 2.14. The molecule has 0 aliphatic heterocycles. The molecule has 0 amide bonds. The van der Waals surface area contributed by atoms with E-state index in [9.17, 15) is 0 Å². The van der Waals surface area contributed by atoms with E-state index in [1.54, 1.807) is 25.3 Å². The van der Waals surface area contributed by atoms with Gasteiger partial charge in [-0.2, -0.15) is 5.26 Å². The fraction of sp³-hybridized carbons (Fsp3) is 0.100. The number of methoxy groups -OCH3 is 1. The Morgan fingerprint density at radius 2 is 2.29 bits per heavy atom. The molecule has 0 unspecified atom stereocenters. The van der Waals surface area contributed by atoms with E-state index in [4.69, 9.17) is 21.6 Å². The summed E-state index contributed by atoms with van der Waals surface area (Å²) in [6.07, 6.45) is 3.02. The summed E-state index contributed by atoms with van der Waals surface area (Å²) in [4.78, 5) is 0. The van der Waals surface area contributed by atoms with Crippen LogP contribution in [0, 0.1) is 11.3 Å². The zero-order valence-electron chi connectivity index (χ0n) is 7.42. The van der Waals surface area contributed by atoms with Gasteiger partial charge in [0.15, 0.2) is 0 Å². The lowest BCUT2D eigenvalue weighted by Gasteiger charge is -2.07. The predicted octanol–water partition coefficient (Wildman–Crippen LogP) is 3.65. The van der Waals surface area contributed by atoms with Crippen molar-refractivity contribution < 1.29 is 4.74 Å². The second kappa shape index (κ2) is 5.04. The Hall–Kier alpha value is -0.980. The van der Waals surface area contributed by atoms with Crippen LogP contribution >= 0.6 is 27.5 Å². The third kappa shape index (κ3) is 2.50. The van der Waals surface area contributed by atoms with Crippen LogP contribution in [0.15, 0.2) is 22.7 Å². The van der Waals surface area contributed by atoms with Crippen LogP contribution in [0.1, 0.15) is 5.56 Å². The molecule has 0 N–H and O–H groups in total. The molecule has 4 heteroatoms. The van der Waals surface area contributed by atoms with Crippen LogP contribution in [0.3, 0.4) is 0 Å². The van der Waals surface area contributed by atoms with Gasteiger partial charge < -0.3 is 4.74 Å². The maximum atomic E-state index is 8.41. The smallest absolute Gasteiger partial charge is 0.140 e. The second-order valence-corrected chi connectivity index (χ2v) is 3.76. The van der Waals surface area contributed by atoms with E-state index in [1.165, 1.54) is 6.08 Å². The minimum absolute atomic E-state index is 0.593. The SMILES string of the molecule is COc1c(Br)cc(Cl)cc1/C=C/C#N. The highest BCUT2D eigenvalue weighted by Crippen LogP contribution is 2.33. The lowest BCUT2D eigenvalue weighted by atomic mass is 10.2. The predicted molar refractivity (Wildman–Crippen MR) is 60.4 cm³/mol. The van der Waals surface area contributed by atoms with Crippen molar-refractivity contribution in [3.63, 3.8) is 0 Å². The molecule has 0 spiro atoms. The number of hydrogen-bond donors (Lipinski definition) is 0. The van der Waals surface area contributed by atoms with Crippen LogP contribution in [0.2, 0.25) is 5.02 Å². The Morgan fingerprint density at radius 3 is 2.86 bits per heavy atom. The van der Waals surface area contributed by atoms with Gasteiger partial charge in [-0.1, -0.05) is 11.6 Å². The van der Waals surface area contributed by atoms with Gasteiger partial charge >= 0.3 is 0 Å². The number of allylic oxidation sites excluding steroid dienone is 1. The van der Waals surface area contributed by atoms with E-state index in [0.717, 1.165) is 10.0 Å². The number of nitrogens with zero attached hydrogens (tertiary/aromatic N) is 1. The number of rotatable bonds is 2. The first-order chi connectivity index (χ1) is 6.69. The van der Waals surface area contributed by atoms with Gasteiger partial charge in [-0.15, -0.1) is 0 Å². The highest BCUT2D eigenvalue weighted by molar-refractivity contribution is 9.10. The van der Waals surface area contributed by atoms with Crippen molar-refractivity contribution in [3.05, 3.63) is 33.3 Å². The van der Waals surface area contributed by atoms with E-state index >= 15 is 0 Å². The number of benzene rings is 1. The van der Waals surface area contributed by atoms with Gasteiger partial charge in [0.05, 0.1) is 17.7 Å². The second-order valence-electron chi connectivity index (χ2n) is 2.47.